The average molecular weight is 414 g/mol. The van der Waals surface area contributed by atoms with Gasteiger partial charge in [-0.15, -0.1) is 0 Å². The number of aryl methyl sites for hydroxylation is 2. The van der Waals surface area contributed by atoms with Crippen LogP contribution in [0, 0.1) is 6.92 Å². The number of aromatic nitrogens is 3. The molecule has 1 aromatic carbocycles. The molecule has 158 valence electrons. The number of ether oxygens (including phenoxy) is 3. The molecule has 30 heavy (non-hydrogen) atoms. The molecule has 0 bridgehead atoms. The van der Waals surface area contributed by atoms with E-state index in [1.807, 2.05) is 6.92 Å². The normalized spacial score (nSPS) is 13.5. The molecule has 0 unspecified atom stereocenters. The quantitative estimate of drug-likeness (QED) is 0.382. The van der Waals surface area contributed by atoms with Gasteiger partial charge in [0.15, 0.2) is 17.3 Å². The van der Waals surface area contributed by atoms with E-state index >= 15 is 0 Å². The molecule has 0 saturated heterocycles. The van der Waals surface area contributed by atoms with Crippen molar-refractivity contribution in [2.75, 3.05) is 20.3 Å². The molecule has 4 rings (SSSR count). The molecule has 1 aliphatic carbocycles. The molecule has 0 fully saturated rings. The number of fused-ring (bicyclic) bond motifs is 2. The summed E-state index contributed by atoms with van der Waals surface area (Å²) in [5, 5.41) is 9.24. The van der Waals surface area contributed by atoms with E-state index in [2.05, 4.69) is 20.4 Å². The van der Waals surface area contributed by atoms with Gasteiger partial charge in [0, 0.05) is 36.0 Å². The first-order chi connectivity index (χ1) is 14.6. The Bertz CT molecular complexity index is 1100. The molecule has 0 saturated carbocycles. The maximum atomic E-state index is 15.0. The Kier molecular flexibility index (Phi) is 5.82. The molecule has 3 N–H and O–H groups in total. The largest absolute Gasteiger partial charge is 0.493 e. The van der Waals surface area contributed by atoms with Crippen molar-refractivity contribution in [3.63, 3.8) is 0 Å². The Hall–Kier alpha value is -3.17. The van der Waals surface area contributed by atoms with Gasteiger partial charge in [-0.25, -0.2) is 19.8 Å². The van der Waals surface area contributed by atoms with Crippen LogP contribution >= 0.6 is 0 Å². The van der Waals surface area contributed by atoms with Crippen LogP contribution in [0.2, 0.25) is 0 Å². The summed E-state index contributed by atoms with van der Waals surface area (Å²) >= 11 is 0. The molecule has 9 heteroatoms. The number of rotatable bonds is 8. The Morgan fingerprint density at radius 2 is 2.07 bits per heavy atom. The van der Waals surface area contributed by atoms with Gasteiger partial charge in [0.25, 0.3) is 0 Å². The predicted molar refractivity (Wildman–Crippen MR) is 108 cm³/mol. The first kappa shape index (κ1) is 20.1. The van der Waals surface area contributed by atoms with Crippen LogP contribution in [0.3, 0.4) is 0 Å². The summed E-state index contributed by atoms with van der Waals surface area (Å²) in [7, 11) is 1.53. The van der Waals surface area contributed by atoms with Crippen molar-refractivity contribution in [2.45, 2.75) is 26.2 Å². The third-order valence-electron chi connectivity index (χ3n) is 4.91. The zero-order chi connectivity index (χ0) is 21.1. The number of allylic oxidation sites excluding steroid dienone is 1. The van der Waals surface area contributed by atoms with Gasteiger partial charge in [0.2, 0.25) is 5.88 Å². The molecule has 1 aliphatic rings. The Balaban J connectivity index is 1.65. The molecule has 0 amide bonds. The third kappa shape index (κ3) is 3.94. The highest BCUT2D eigenvalue weighted by atomic mass is 19.1. The second kappa shape index (κ2) is 8.68. The topological polar surface area (TPSA) is 102 Å². The summed E-state index contributed by atoms with van der Waals surface area (Å²) < 4.78 is 32.1. The number of hydroxylamine groups is 1. The summed E-state index contributed by atoms with van der Waals surface area (Å²) in [4.78, 5) is 11.7. The third-order valence-corrected chi connectivity index (χ3v) is 4.91. The SMILES string of the molecule is COc1cc2c(OC3=C(F)c4cc(C)[nH]c4CC3)ncnc2cc1OCCCNO. The fourth-order valence-corrected chi connectivity index (χ4v) is 3.48. The van der Waals surface area contributed by atoms with Crippen LogP contribution in [-0.2, 0) is 6.42 Å². The molecule has 0 atom stereocenters. The van der Waals surface area contributed by atoms with E-state index in [4.69, 9.17) is 19.4 Å². The van der Waals surface area contributed by atoms with Crippen LogP contribution in [-0.4, -0.2) is 40.4 Å². The Morgan fingerprint density at radius 1 is 1.20 bits per heavy atom. The van der Waals surface area contributed by atoms with Crippen molar-refractivity contribution in [2.24, 2.45) is 0 Å². The molecule has 0 spiro atoms. The zero-order valence-corrected chi connectivity index (χ0v) is 16.8. The van der Waals surface area contributed by atoms with E-state index in [1.54, 1.807) is 18.2 Å². The average Bonchev–Trinajstić information content (AvgIpc) is 3.14. The number of nitrogens with one attached hydrogen (secondary N) is 2. The molecule has 2 aromatic heterocycles. The molecule has 3 aromatic rings. The Morgan fingerprint density at radius 3 is 2.87 bits per heavy atom. The van der Waals surface area contributed by atoms with E-state index < -0.39 is 0 Å². The minimum absolute atomic E-state index is 0.247. The fourth-order valence-electron chi connectivity index (χ4n) is 3.48. The molecular formula is C21H23FN4O4. The summed E-state index contributed by atoms with van der Waals surface area (Å²) in [5.74, 6) is 1.13. The number of hydrogen-bond donors (Lipinski definition) is 3. The first-order valence-corrected chi connectivity index (χ1v) is 9.68. The van der Waals surface area contributed by atoms with Crippen molar-refractivity contribution >= 4 is 16.7 Å². The second-order valence-corrected chi connectivity index (χ2v) is 6.99. The number of hydrogen-bond acceptors (Lipinski definition) is 7. The van der Waals surface area contributed by atoms with Gasteiger partial charge in [-0.2, -0.15) is 0 Å². The van der Waals surface area contributed by atoms with E-state index in [0.29, 0.717) is 60.4 Å². The van der Waals surface area contributed by atoms with Crippen LogP contribution in [0.25, 0.3) is 16.7 Å². The zero-order valence-electron chi connectivity index (χ0n) is 16.8. The van der Waals surface area contributed by atoms with Crippen LogP contribution in [0.15, 0.2) is 30.3 Å². The fraction of sp³-hybridized carbons (Fsp3) is 0.333. The summed E-state index contributed by atoms with van der Waals surface area (Å²) in [6.45, 7) is 2.70. The molecule has 0 aliphatic heterocycles. The van der Waals surface area contributed by atoms with Gasteiger partial charge < -0.3 is 24.4 Å². The number of nitrogens with zero attached hydrogens (tertiary/aromatic N) is 2. The van der Waals surface area contributed by atoms with Gasteiger partial charge in [0.05, 0.1) is 24.6 Å². The van der Waals surface area contributed by atoms with E-state index in [9.17, 15) is 4.39 Å². The first-order valence-electron chi connectivity index (χ1n) is 9.68. The maximum Gasteiger partial charge on any atom is 0.230 e. The maximum absolute atomic E-state index is 15.0. The van der Waals surface area contributed by atoms with Gasteiger partial charge >= 0.3 is 0 Å². The lowest BCUT2D eigenvalue weighted by molar-refractivity contribution is 0.157. The van der Waals surface area contributed by atoms with Crippen LogP contribution in [0.1, 0.15) is 29.8 Å². The van der Waals surface area contributed by atoms with E-state index in [1.165, 1.54) is 13.4 Å². The highest BCUT2D eigenvalue weighted by Gasteiger charge is 2.24. The molecule has 8 nitrogen and oxygen atoms in total. The minimum atomic E-state index is -0.378. The standard InChI is InChI=1S/C21H23FN4O4/c1-12-8-13-15(26-12)4-5-17(20(13)22)30-21-14-9-18(28-2)19(29-7-3-6-25-27)10-16(14)23-11-24-21/h8-11,25-27H,3-7H2,1-2H3. The van der Waals surface area contributed by atoms with Crippen LogP contribution in [0.5, 0.6) is 17.4 Å². The number of aromatic amines is 1. The number of benzene rings is 1. The number of halogens is 1. The Labute approximate surface area is 172 Å². The van der Waals surface area contributed by atoms with Crippen LogP contribution < -0.4 is 19.7 Å². The summed E-state index contributed by atoms with van der Waals surface area (Å²) in [6.07, 6.45) is 3.08. The predicted octanol–water partition coefficient (Wildman–Crippen LogP) is 3.69. The highest BCUT2D eigenvalue weighted by Crippen LogP contribution is 2.38. The number of methoxy groups -OCH3 is 1. The lowest BCUT2D eigenvalue weighted by Gasteiger charge is -2.17. The van der Waals surface area contributed by atoms with Gasteiger partial charge in [-0.3, -0.25) is 0 Å². The van der Waals surface area contributed by atoms with Crippen LogP contribution in [0.4, 0.5) is 4.39 Å². The smallest absolute Gasteiger partial charge is 0.230 e. The lowest BCUT2D eigenvalue weighted by Crippen LogP contribution is -2.12. The molecule has 2 heterocycles. The monoisotopic (exact) mass is 414 g/mol. The van der Waals surface area contributed by atoms with Crippen molar-refractivity contribution < 1.29 is 23.8 Å². The van der Waals surface area contributed by atoms with Crippen molar-refractivity contribution in [1.29, 1.82) is 0 Å². The summed E-state index contributed by atoms with van der Waals surface area (Å²) in [5.41, 5.74) is 5.01. The van der Waals surface area contributed by atoms with E-state index in [-0.39, 0.29) is 17.5 Å². The second-order valence-electron chi connectivity index (χ2n) is 6.99. The van der Waals surface area contributed by atoms with Gasteiger partial charge in [0.1, 0.15) is 12.1 Å². The van der Waals surface area contributed by atoms with Gasteiger partial charge in [-0.1, -0.05) is 0 Å². The lowest BCUT2D eigenvalue weighted by atomic mass is 10.0. The van der Waals surface area contributed by atoms with Gasteiger partial charge in [-0.05, 0) is 31.9 Å². The summed E-state index contributed by atoms with van der Waals surface area (Å²) in [6, 6.07) is 5.23. The van der Waals surface area contributed by atoms with Crippen molar-refractivity contribution in [3.05, 3.63) is 47.2 Å². The minimum Gasteiger partial charge on any atom is -0.493 e. The highest BCUT2D eigenvalue weighted by molar-refractivity contribution is 5.87. The van der Waals surface area contributed by atoms with E-state index in [0.717, 1.165) is 11.4 Å². The molecular weight excluding hydrogens is 391 g/mol. The molecule has 0 radical (unpaired) electrons. The number of H-pyrrole nitrogens is 1. The van der Waals surface area contributed by atoms with Crippen molar-refractivity contribution in [1.82, 2.24) is 20.4 Å². The van der Waals surface area contributed by atoms with Crippen molar-refractivity contribution in [3.8, 4) is 17.4 Å².